The van der Waals surface area contributed by atoms with E-state index < -0.39 is 0 Å². The molecule has 2 aromatic heterocycles. The molecule has 0 saturated carbocycles. The Balaban J connectivity index is 1.53. The Morgan fingerprint density at radius 3 is 2.63 bits per heavy atom. The predicted octanol–water partition coefficient (Wildman–Crippen LogP) is 3.71. The summed E-state index contributed by atoms with van der Waals surface area (Å²) >= 11 is 0. The van der Waals surface area contributed by atoms with E-state index in [1.54, 1.807) is 33.8 Å². The van der Waals surface area contributed by atoms with Crippen LogP contribution in [0.1, 0.15) is 15.9 Å². The van der Waals surface area contributed by atoms with Crippen molar-refractivity contribution in [1.82, 2.24) is 19.5 Å². The van der Waals surface area contributed by atoms with Gasteiger partial charge >= 0.3 is 0 Å². The van der Waals surface area contributed by atoms with E-state index in [-0.39, 0.29) is 5.91 Å². The van der Waals surface area contributed by atoms with Gasteiger partial charge in [-0.2, -0.15) is 10.4 Å². The molecular formula is C26H22N6O3. The molecule has 0 atom stereocenters. The highest BCUT2D eigenvalue weighted by Crippen LogP contribution is 2.29. The summed E-state index contributed by atoms with van der Waals surface area (Å²) in [6.07, 6.45) is 3.07. The number of amides is 1. The van der Waals surface area contributed by atoms with Crippen molar-refractivity contribution in [3.05, 3.63) is 71.9 Å². The number of aliphatic imine (C=N–C) groups is 1. The zero-order valence-electron chi connectivity index (χ0n) is 19.1. The summed E-state index contributed by atoms with van der Waals surface area (Å²) in [5.41, 5.74) is 5.49. The SMILES string of the molecule is COC=Nc1cc(-c2ccc3ncc(-c4ccc(C#N)cc4)n3n2)ccc1C(=O)N1CCOCC1. The molecule has 0 N–H and O–H groups in total. The minimum Gasteiger partial charge on any atom is -0.486 e. The summed E-state index contributed by atoms with van der Waals surface area (Å²) in [5, 5.41) is 13.9. The van der Waals surface area contributed by atoms with E-state index in [0.717, 1.165) is 16.8 Å². The second-order valence-electron chi connectivity index (χ2n) is 7.93. The minimum atomic E-state index is -0.0933. The van der Waals surface area contributed by atoms with Gasteiger partial charge in [-0.3, -0.25) is 4.79 Å². The van der Waals surface area contributed by atoms with E-state index in [9.17, 15) is 4.79 Å². The van der Waals surface area contributed by atoms with E-state index in [1.165, 1.54) is 13.5 Å². The van der Waals surface area contributed by atoms with Crippen LogP contribution in [0.15, 0.2) is 65.8 Å². The van der Waals surface area contributed by atoms with Crippen LogP contribution in [-0.2, 0) is 9.47 Å². The monoisotopic (exact) mass is 466 g/mol. The van der Waals surface area contributed by atoms with E-state index in [1.807, 2.05) is 36.4 Å². The lowest BCUT2D eigenvalue weighted by molar-refractivity contribution is 0.0303. The third-order valence-electron chi connectivity index (χ3n) is 5.79. The molecule has 2 aromatic carbocycles. The Kier molecular flexibility index (Phi) is 6.20. The summed E-state index contributed by atoms with van der Waals surface area (Å²) in [6.45, 7) is 2.14. The fourth-order valence-electron chi connectivity index (χ4n) is 3.96. The van der Waals surface area contributed by atoms with Crippen molar-refractivity contribution < 1.29 is 14.3 Å². The lowest BCUT2D eigenvalue weighted by Gasteiger charge is -2.27. The molecule has 1 saturated heterocycles. The highest BCUT2D eigenvalue weighted by atomic mass is 16.5. The zero-order valence-corrected chi connectivity index (χ0v) is 19.1. The normalized spacial score (nSPS) is 13.8. The summed E-state index contributed by atoms with van der Waals surface area (Å²) < 4.78 is 12.1. The number of ether oxygens (including phenoxy) is 2. The standard InChI is InChI=1S/C26H22N6O3/c1-34-17-29-23-14-20(6-7-21(23)26(33)31-10-12-35-13-11-31)22-8-9-25-28-16-24(32(25)30-22)19-4-2-18(15-27)3-5-19/h2-9,14,16-17H,10-13H2,1H3. The van der Waals surface area contributed by atoms with Crippen LogP contribution in [-0.4, -0.2) is 65.2 Å². The first-order valence-corrected chi connectivity index (χ1v) is 11.1. The maximum absolute atomic E-state index is 13.1. The van der Waals surface area contributed by atoms with Crippen molar-refractivity contribution in [2.75, 3.05) is 33.4 Å². The average molecular weight is 467 g/mol. The van der Waals surface area contributed by atoms with Crippen LogP contribution < -0.4 is 0 Å². The van der Waals surface area contributed by atoms with Crippen LogP contribution in [0.4, 0.5) is 5.69 Å². The Morgan fingerprint density at radius 2 is 1.89 bits per heavy atom. The van der Waals surface area contributed by atoms with Gasteiger partial charge in [0.2, 0.25) is 0 Å². The molecule has 1 aliphatic heterocycles. The number of aromatic nitrogens is 3. The Labute approximate surface area is 201 Å². The van der Waals surface area contributed by atoms with Gasteiger partial charge in [-0.05, 0) is 36.4 Å². The molecule has 9 nitrogen and oxygen atoms in total. The molecule has 174 valence electrons. The molecule has 3 heterocycles. The molecular weight excluding hydrogens is 444 g/mol. The first-order chi connectivity index (χ1) is 17.2. The fourth-order valence-corrected chi connectivity index (χ4v) is 3.96. The summed E-state index contributed by atoms with van der Waals surface area (Å²) in [6, 6.07) is 18.7. The maximum atomic E-state index is 13.1. The van der Waals surface area contributed by atoms with E-state index in [0.29, 0.717) is 54.5 Å². The first kappa shape index (κ1) is 22.3. The highest BCUT2D eigenvalue weighted by Gasteiger charge is 2.22. The van der Waals surface area contributed by atoms with Crippen LogP contribution in [0.2, 0.25) is 0 Å². The number of hydrogen-bond donors (Lipinski definition) is 0. The second-order valence-corrected chi connectivity index (χ2v) is 7.93. The number of rotatable bonds is 5. The fraction of sp³-hybridized carbons (Fsp3) is 0.192. The van der Waals surface area contributed by atoms with Crippen molar-refractivity contribution in [1.29, 1.82) is 5.26 Å². The van der Waals surface area contributed by atoms with Crippen LogP contribution in [0.25, 0.3) is 28.2 Å². The Morgan fingerprint density at radius 1 is 1.11 bits per heavy atom. The molecule has 0 bridgehead atoms. The van der Waals surface area contributed by atoms with Crippen molar-refractivity contribution in [2.45, 2.75) is 0 Å². The number of nitriles is 1. The summed E-state index contributed by atoms with van der Waals surface area (Å²) in [5.74, 6) is -0.0933. The van der Waals surface area contributed by atoms with Crippen LogP contribution >= 0.6 is 0 Å². The van der Waals surface area contributed by atoms with Crippen molar-refractivity contribution in [3.63, 3.8) is 0 Å². The number of methoxy groups -OCH3 is 1. The average Bonchev–Trinajstić information content (AvgIpc) is 3.35. The van der Waals surface area contributed by atoms with Crippen molar-refractivity contribution in [3.8, 4) is 28.6 Å². The lowest BCUT2D eigenvalue weighted by atomic mass is 10.1. The van der Waals surface area contributed by atoms with Crippen LogP contribution in [0.3, 0.4) is 0 Å². The number of imidazole rings is 1. The summed E-state index contributed by atoms with van der Waals surface area (Å²) in [4.78, 5) is 23.7. The van der Waals surface area contributed by atoms with Gasteiger partial charge in [0.15, 0.2) is 12.0 Å². The minimum absolute atomic E-state index is 0.0933. The number of carbonyl (C=O) groups is 1. The molecule has 5 rings (SSSR count). The van der Waals surface area contributed by atoms with Gasteiger partial charge in [0.1, 0.15) is 0 Å². The van der Waals surface area contributed by atoms with Gasteiger partial charge in [-0.1, -0.05) is 18.2 Å². The van der Waals surface area contributed by atoms with Gasteiger partial charge < -0.3 is 14.4 Å². The molecule has 0 radical (unpaired) electrons. The maximum Gasteiger partial charge on any atom is 0.256 e. The smallest absolute Gasteiger partial charge is 0.256 e. The molecule has 1 aliphatic rings. The third kappa shape index (κ3) is 4.47. The van der Waals surface area contributed by atoms with Crippen molar-refractivity contribution in [2.24, 2.45) is 4.99 Å². The third-order valence-corrected chi connectivity index (χ3v) is 5.79. The van der Waals surface area contributed by atoms with Gasteiger partial charge in [0.25, 0.3) is 5.91 Å². The Hall–Kier alpha value is -4.55. The molecule has 4 aromatic rings. The predicted molar refractivity (Wildman–Crippen MR) is 130 cm³/mol. The van der Waals surface area contributed by atoms with Gasteiger partial charge in [-0.15, -0.1) is 0 Å². The van der Waals surface area contributed by atoms with Crippen LogP contribution in [0, 0.1) is 11.3 Å². The second kappa shape index (κ2) is 9.75. The van der Waals surface area contributed by atoms with Crippen LogP contribution in [0.5, 0.6) is 0 Å². The van der Waals surface area contributed by atoms with Gasteiger partial charge in [-0.25, -0.2) is 14.5 Å². The lowest BCUT2D eigenvalue weighted by Crippen LogP contribution is -2.40. The quantitative estimate of drug-likeness (QED) is 0.328. The largest absolute Gasteiger partial charge is 0.486 e. The summed E-state index contributed by atoms with van der Waals surface area (Å²) in [7, 11) is 1.51. The first-order valence-electron chi connectivity index (χ1n) is 11.1. The Bertz CT molecular complexity index is 1450. The number of benzene rings is 2. The van der Waals surface area contributed by atoms with E-state index >= 15 is 0 Å². The molecule has 0 aliphatic carbocycles. The number of fused-ring (bicyclic) bond motifs is 1. The number of carbonyl (C=O) groups excluding carboxylic acids is 1. The molecule has 0 unspecified atom stereocenters. The van der Waals surface area contributed by atoms with E-state index in [4.69, 9.17) is 19.8 Å². The number of hydrogen-bond acceptors (Lipinski definition) is 7. The molecule has 1 amide bonds. The van der Waals surface area contributed by atoms with E-state index in [2.05, 4.69) is 16.0 Å². The number of morpholine rings is 1. The topological polar surface area (TPSA) is 105 Å². The zero-order chi connectivity index (χ0) is 24.2. The molecule has 9 heteroatoms. The molecule has 0 spiro atoms. The molecule has 1 fully saturated rings. The number of nitrogens with zero attached hydrogens (tertiary/aromatic N) is 6. The highest BCUT2D eigenvalue weighted by molar-refractivity contribution is 6.00. The van der Waals surface area contributed by atoms with Gasteiger partial charge in [0.05, 0.1) is 60.8 Å². The molecule has 35 heavy (non-hydrogen) atoms. The van der Waals surface area contributed by atoms with Crippen molar-refractivity contribution >= 4 is 23.6 Å². The van der Waals surface area contributed by atoms with Gasteiger partial charge in [0, 0.05) is 24.2 Å².